The predicted molar refractivity (Wildman–Crippen MR) is 141 cm³/mol. The van der Waals surface area contributed by atoms with Gasteiger partial charge in [0.15, 0.2) is 0 Å². The molecule has 3 N–H and O–H groups in total. The Labute approximate surface area is 220 Å². The fourth-order valence-corrected chi connectivity index (χ4v) is 5.82. The molecule has 2 heterocycles. The van der Waals surface area contributed by atoms with Gasteiger partial charge in [-0.3, -0.25) is 14.4 Å². The van der Waals surface area contributed by atoms with Crippen LogP contribution in [0.3, 0.4) is 0 Å². The van der Waals surface area contributed by atoms with Gasteiger partial charge in [-0.15, -0.1) is 5.10 Å². The molecule has 2 fully saturated rings. The summed E-state index contributed by atoms with van der Waals surface area (Å²) in [5.74, 6) is -0.576. The molecule has 11 heteroatoms. The molecule has 0 radical (unpaired) electrons. The number of carbonyl (C=O) groups excluding carboxylic acids is 3. The molecule has 1 aromatic carbocycles. The van der Waals surface area contributed by atoms with Crippen molar-refractivity contribution in [2.24, 2.45) is 5.92 Å². The minimum Gasteiger partial charge on any atom is -0.343 e. The van der Waals surface area contributed by atoms with Crippen LogP contribution in [0, 0.1) is 5.92 Å². The fourth-order valence-electron chi connectivity index (χ4n) is 5.03. The Balaban J connectivity index is 1.50. The third-order valence-corrected chi connectivity index (χ3v) is 8.05. The molecule has 2 aliphatic rings. The number of hydrogen-bond acceptors (Lipinski definition) is 7. The van der Waals surface area contributed by atoms with Crippen molar-refractivity contribution >= 4 is 45.9 Å². The van der Waals surface area contributed by atoms with Crippen LogP contribution in [-0.2, 0) is 14.4 Å². The fraction of sp³-hybridized carbons (Fsp3) is 0.560. The molecule has 0 spiro atoms. The van der Waals surface area contributed by atoms with E-state index in [1.165, 1.54) is 0 Å². The van der Waals surface area contributed by atoms with Gasteiger partial charge < -0.3 is 20.9 Å². The highest BCUT2D eigenvalue weighted by Gasteiger charge is 2.41. The third-order valence-electron chi connectivity index (χ3n) is 7.17. The summed E-state index contributed by atoms with van der Waals surface area (Å²) in [7, 11) is 1.72. The van der Waals surface area contributed by atoms with Crippen LogP contribution in [0.15, 0.2) is 24.3 Å². The number of amides is 3. The number of hydrogen-bond donors (Lipinski definition) is 3. The molecule has 0 unspecified atom stereocenters. The first-order valence-electron chi connectivity index (χ1n) is 12.6. The van der Waals surface area contributed by atoms with E-state index in [0.29, 0.717) is 28.7 Å². The van der Waals surface area contributed by atoms with Crippen molar-refractivity contribution in [3.05, 3.63) is 29.3 Å². The number of nitrogens with zero attached hydrogens (tertiary/aromatic N) is 3. The summed E-state index contributed by atoms with van der Waals surface area (Å²) in [6.45, 7) is 2.25. The smallest absolute Gasteiger partial charge is 0.247 e. The topological polar surface area (TPSA) is 116 Å². The van der Waals surface area contributed by atoms with E-state index in [1.807, 2.05) is 12.1 Å². The number of likely N-dealkylation sites (tertiary alicyclic amines) is 1. The molecule has 1 aromatic heterocycles. The lowest BCUT2D eigenvalue weighted by atomic mass is 9.83. The SMILES string of the molecule is CN[C@@H](C)C(=O)N[C@H](C(=O)N1CCC[C@H]1C(=O)Nc1snnc1-c1cccc(Cl)c1)C1CCCCC1. The zero-order chi connectivity index (χ0) is 25.7. The second kappa shape index (κ2) is 12.1. The molecule has 1 saturated carbocycles. The van der Waals surface area contributed by atoms with E-state index in [1.54, 1.807) is 31.0 Å². The first-order chi connectivity index (χ1) is 17.4. The molecule has 1 saturated heterocycles. The number of nitrogens with one attached hydrogen (secondary N) is 3. The molecule has 1 aliphatic heterocycles. The summed E-state index contributed by atoms with van der Waals surface area (Å²) in [5.41, 5.74) is 1.30. The van der Waals surface area contributed by atoms with E-state index >= 15 is 0 Å². The largest absolute Gasteiger partial charge is 0.343 e. The molecule has 2 aromatic rings. The first kappa shape index (κ1) is 26.5. The standard InChI is InChI=1S/C25H33ClN6O3S/c1-15(27-2)22(33)28-21(16-8-4-3-5-9-16)25(35)32-13-7-12-19(32)23(34)29-24-20(30-31-36-24)17-10-6-11-18(26)14-17/h6,10-11,14-16,19,21,27H,3-5,7-9,12-13H2,1-2H3,(H,28,33)(H,29,34)/t15-,19-,21-/m0/s1. The normalized spacial score (nSPS) is 20.1. The van der Waals surface area contributed by atoms with E-state index < -0.39 is 18.1 Å². The van der Waals surface area contributed by atoms with Gasteiger partial charge >= 0.3 is 0 Å². The molecular formula is C25H33ClN6O3S. The van der Waals surface area contributed by atoms with Crippen LogP contribution in [0.4, 0.5) is 5.00 Å². The molecule has 3 atom stereocenters. The van der Waals surface area contributed by atoms with Gasteiger partial charge in [-0.25, -0.2) is 0 Å². The average molecular weight is 533 g/mol. The quantitative estimate of drug-likeness (QED) is 0.479. The summed E-state index contributed by atoms with van der Waals surface area (Å²) in [5, 5.41) is 14.1. The summed E-state index contributed by atoms with van der Waals surface area (Å²) in [4.78, 5) is 41.6. The average Bonchev–Trinajstić information content (AvgIpc) is 3.57. The van der Waals surface area contributed by atoms with E-state index in [-0.39, 0.29) is 23.6 Å². The molecule has 1 aliphatic carbocycles. The number of halogens is 1. The van der Waals surface area contributed by atoms with Crippen LogP contribution < -0.4 is 16.0 Å². The van der Waals surface area contributed by atoms with Crippen molar-refractivity contribution in [2.75, 3.05) is 18.9 Å². The molecule has 0 bridgehead atoms. The molecule has 9 nitrogen and oxygen atoms in total. The molecular weight excluding hydrogens is 500 g/mol. The van der Waals surface area contributed by atoms with Crippen molar-refractivity contribution in [3.8, 4) is 11.3 Å². The van der Waals surface area contributed by atoms with Crippen LogP contribution in [0.25, 0.3) is 11.3 Å². The van der Waals surface area contributed by atoms with Crippen molar-refractivity contribution in [1.29, 1.82) is 0 Å². The minimum absolute atomic E-state index is 0.0729. The highest BCUT2D eigenvalue weighted by molar-refractivity contribution is 7.10. The van der Waals surface area contributed by atoms with Crippen LogP contribution >= 0.6 is 23.1 Å². The Morgan fingerprint density at radius 1 is 1.14 bits per heavy atom. The van der Waals surface area contributed by atoms with E-state index in [0.717, 1.165) is 55.6 Å². The van der Waals surface area contributed by atoms with Crippen molar-refractivity contribution in [2.45, 2.75) is 70.0 Å². The lowest BCUT2D eigenvalue weighted by Gasteiger charge is -2.35. The Hall–Kier alpha value is -2.56. The van der Waals surface area contributed by atoms with E-state index in [9.17, 15) is 14.4 Å². The van der Waals surface area contributed by atoms with Gasteiger partial charge in [0.2, 0.25) is 17.7 Å². The van der Waals surface area contributed by atoms with Gasteiger partial charge in [0.25, 0.3) is 0 Å². The molecule has 4 rings (SSSR count). The Morgan fingerprint density at radius 3 is 2.64 bits per heavy atom. The van der Waals surface area contributed by atoms with Gasteiger partial charge in [0.1, 0.15) is 22.8 Å². The first-order valence-corrected chi connectivity index (χ1v) is 13.7. The Bertz CT molecular complexity index is 1090. The van der Waals surface area contributed by atoms with Crippen LogP contribution in [-0.4, -0.2) is 63.9 Å². The highest BCUT2D eigenvalue weighted by atomic mass is 35.5. The second-order valence-corrected chi connectivity index (χ2v) is 10.7. The maximum absolute atomic E-state index is 13.8. The summed E-state index contributed by atoms with van der Waals surface area (Å²) in [6, 6.07) is 5.55. The minimum atomic E-state index is -0.630. The van der Waals surface area contributed by atoms with Gasteiger partial charge in [0.05, 0.1) is 6.04 Å². The van der Waals surface area contributed by atoms with E-state index in [4.69, 9.17) is 11.6 Å². The molecule has 194 valence electrons. The van der Waals surface area contributed by atoms with Crippen molar-refractivity contribution < 1.29 is 14.4 Å². The molecule has 36 heavy (non-hydrogen) atoms. The number of aromatic nitrogens is 2. The van der Waals surface area contributed by atoms with Crippen LogP contribution in [0.1, 0.15) is 51.9 Å². The lowest BCUT2D eigenvalue weighted by Crippen LogP contribution is -2.57. The van der Waals surface area contributed by atoms with Crippen molar-refractivity contribution in [1.82, 2.24) is 25.1 Å². The number of likely N-dealkylation sites (N-methyl/N-ethyl adjacent to an activating group) is 1. The predicted octanol–water partition coefficient (Wildman–Crippen LogP) is 3.46. The van der Waals surface area contributed by atoms with Gasteiger partial charge in [-0.05, 0) is 57.7 Å². The third kappa shape index (κ3) is 6.04. The van der Waals surface area contributed by atoms with Gasteiger partial charge in [-0.2, -0.15) is 0 Å². The summed E-state index contributed by atoms with van der Waals surface area (Å²) >= 11 is 7.21. The van der Waals surface area contributed by atoms with Gasteiger partial charge in [0, 0.05) is 28.7 Å². The Morgan fingerprint density at radius 2 is 1.92 bits per heavy atom. The van der Waals surface area contributed by atoms with Crippen molar-refractivity contribution in [3.63, 3.8) is 0 Å². The van der Waals surface area contributed by atoms with Crippen LogP contribution in [0.2, 0.25) is 5.02 Å². The highest BCUT2D eigenvalue weighted by Crippen LogP contribution is 2.32. The number of benzene rings is 1. The number of anilines is 1. The second-order valence-electron chi connectivity index (χ2n) is 9.53. The zero-order valence-electron chi connectivity index (χ0n) is 20.6. The maximum atomic E-state index is 13.8. The Kier molecular flexibility index (Phi) is 8.92. The number of carbonyl (C=O) groups is 3. The maximum Gasteiger partial charge on any atom is 0.247 e. The monoisotopic (exact) mass is 532 g/mol. The van der Waals surface area contributed by atoms with E-state index in [2.05, 4.69) is 25.5 Å². The van der Waals surface area contributed by atoms with Crippen LogP contribution in [0.5, 0.6) is 0 Å². The van der Waals surface area contributed by atoms with Gasteiger partial charge in [-0.1, -0.05) is 47.5 Å². The number of rotatable bonds is 8. The summed E-state index contributed by atoms with van der Waals surface area (Å²) in [6.07, 6.45) is 6.31. The lowest BCUT2D eigenvalue weighted by molar-refractivity contribution is -0.142. The summed E-state index contributed by atoms with van der Waals surface area (Å²) < 4.78 is 4.01. The zero-order valence-corrected chi connectivity index (χ0v) is 22.2. The molecule has 3 amide bonds.